The Morgan fingerprint density at radius 2 is 2.31 bits per heavy atom. The lowest BCUT2D eigenvalue weighted by Gasteiger charge is -2.18. The van der Waals surface area contributed by atoms with Gasteiger partial charge in [0.1, 0.15) is 0 Å². The van der Waals surface area contributed by atoms with Crippen LogP contribution in [0.25, 0.3) is 0 Å². The Morgan fingerprint density at radius 3 is 2.94 bits per heavy atom. The second kappa shape index (κ2) is 4.73. The van der Waals surface area contributed by atoms with Crippen LogP contribution in [0.3, 0.4) is 0 Å². The summed E-state index contributed by atoms with van der Waals surface area (Å²) in [5.74, 6) is 0.0559. The van der Waals surface area contributed by atoms with E-state index in [2.05, 4.69) is 15.9 Å². The van der Waals surface area contributed by atoms with Gasteiger partial charge < -0.3 is 10.0 Å². The smallest absolute Gasteiger partial charge is 0.227 e. The Kier molecular flexibility index (Phi) is 3.52. The summed E-state index contributed by atoms with van der Waals surface area (Å²) in [5.41, 5.74) is 0.772. The summed E-state index contributed by atoms with van der Waals surface area (Å²) in [6.07, 6.45) is 0.398. The highest BCUT2D eigenvalue weighted by Gasteiger charge is 2.31. The number of aliphatic hydroxyl groups excluding tert-OH is 1. The van der Waals surface area contributed by atoms with Crippen molar-refractivity contribution >= 4 is 39.1 Å². The first-order valence-electron chi connectivity index (χ1n) is 4.98. The number of benzene rings is 1. The van der Waals surface area contributed by atoms with Crippen LogP contribution in [0.4, 0.5) is 5.69 Å². The predicted molar refractivity (Wildman–Crippen MR) is 66.7 cm³/mol. The van der Waals surface area contributed by atoms with Gasteiger partial charge in [-0.2, -0.15) is 0 Å². The molecule has 3 nitrogen and oxygen atoms in total. The minimum atomic E-state index is 0.0263. The fourth-order valence-electron chi connectivity index (χ4n) is 1.84. The minimum Gasteiger partial charge on any atom is -0.396 e. The molecule has 0 spiro atoms. The zero-order chi connectivity index (χ0) is 11.7. The number of anilines is 1. The van der Waals surface area contributed by atoms with Crippen molar-refractivity contribution in [2.75, 3.05) is 18.1 Å². The summed E-state index contributed by atoms with van der Waals surface area (Å²) in [6, 6.07) is 5.41. The molecule has 0 saturated carbocycles. The maximum atomic E-state index is 11.8. The van der Waals surface area contributed by atoms with Gasteiger partial charge in [0.05, 0.1) is 15.2 Å². The summed E-state index contributed by atoms with van der Waals surface area (Å²) in [5, 5.41) is 9.64. The summed E-state index contributed by atoms with van der Waals surface area (Å²) in [7, 11) is 0. The Bertz CT molecular complexity index is 424. The highest BCUT2D eigenvalue weighted by Crippen LogP contribution is 2.35. The van der Waals surface area contributed by atoms with E-state index >= 15 is 0 Å². The van der Waals surface area contributed by atoms with E-state index in [0.717, 1.165) is 10.2 Å². The standard InChI is InChI=1S/C11H11BrClNO2/c12-11-8(13)2-1-3-9(11)14-5-7(6-15)4-10(14)16/h1-3,7,15H,4-6H2. The molecule has 86 valence electrons. The van der Waals surface area contributed by atoms with Crippen molar-refractivity contribution in [1.29, 1.82) is 0 Å². The molecule has 1 aliphatic rings. The first kappa shape index (κ1) is 11.9. The summed E-state index contributed by atoms with van der Waals surface area (Å²) < 4.78 is 0.726. The molecule has 1 heterocycles. The molecule has 1 fully saturated rings. The van der Waals surface area contributed by atoms with E-state index in [4.69, 9.17) is 16.7 Å². The van der Waals surface area contributed by atoms with Crippen LogP contribution in [0.5, 0.6) is 0 Å². The molecule has 0 bridgehead atoms. The molecule has 0 aromatic heterocycles. The lowest BCUT2D eigenvalue weighted by Crippen LogP contribution is -2.25. The van der Waals surface area contributed by atoms with Crippen molar-refractivity contribution in [1.82, 2.24) is 0 Å². The highest BCUT2D eigenvalue weighted by molar-refractivity contribution is 9.10. The minimum absolute atomic E-state index is 0.0263. The molecule has 1 amide bonds. The molecule has 0 aliphatic carbocycles. The molecule has 1 unspecified atom stereocenters. The van der Waals surface area contributed by atoms with Crippen LogP contribution < -0.4 is 4.90 Å². The van der Waals surface area contributed by atoms with Crippen molar-refractivity contribution in [3.63, 3.8) is 0 Å². The van der Waals surface area contributed by atoms with Gasteiger partial charge in [-0.05, 0) is 28.1 Å². The first-order chi connectivity index (χ1) is 7.63. The van der Waals surface area contributed by atoms with Gasteiger partial charge >= 0.3 is 0 Å². The largest absolute Gasteiger partial charge is 0.396 e. The number of halogens is 2. The first-order valence-corrected chi connectivity index (χ1v) is 6.16. The van der Waals surface area contributed by atoms with Gasteiger partial charge in [0.25, 0.3) is 0 Å². The number of rotatable bonds is 2. The second-order valence-electron chi connectivity index (χ2n) is 3.83. The van der Waals surface area contributed by atoms with Gasteiger partial charge in [-0.15, -0.1) is 0 Å². The fourth-order valence-corrected chi connectivity index (χ4v) is 2.49. The lowest BCUT2D eigenvalue weighted by molar-refractivity contribution is -0.117. The Labute approximate surface area is 107 Å². The second-order valence-corrected chi connectivity index (χ2v) is 5.03. The average Bonchev–Trinajstić information content (AvgIpc) is 2.64. The number of carbonyl (C=O) groups excluding carboxylic acids is 1. The van der Waals surface area contributed by atoms with Crippen LogP contribution in [0, 0.1) is 5.92 Å². The molecular weight excluding hydrogens is 293 g/mol. The molecule has 5 heteroatoms. The Morgan fingerprint density at radius 1 is 1.56 bits per heavy atom. The van der Waals surface area contributed by atoms with Crippen molar-refractivity contribution < 1.29 is 9.90 Å². The topological polar surface area (TPSA) is 40.5 Å². The molecular formula is C11H11BrClNO2. The zero-order valence-electron chi connectivity index (χ0n) is 8.49. The predicted octanol–water partition coefficient (Wildman–Crippen LogP) is 2.45. The van der Waals surface area contributed by atoms with Gasteiger partial charge in [0.2, 0.25) is 5.91 Å². The fraction of sp³-hybridized carbons (Fsp3) is 0.364. The molecule has 1 aromatic rings. The monoisotopic (exact) mass is 303 g/mol. The number of hydrogen-bond acceptors (Lipinski definition) is 2. The molecule has 1 N–H and O–H groups in total. The maximum Gasteiger partial charge on any atom is 0.227 e. The molecule has 16 heavy (non-hydrogen) atoms. The number of carbonyl (C=O) groups is 1. The van der Waals surface area contributed by atoms with E-state index in [1.807, 2.05) is 12.1 Å². The van der Waals surface area contributed by atoms with Crippen molar-refractivity contribution in [3.8, 4) is 0 Å². The molecule has 1 aromatic carbocycles. The summed E-state index contributed by atoms with van der Waals surface area (Å²) in [4.78, 5) is 13.4. The normalized spacial score (nSPS) is 20.6. The maximum absolute atomic E-state index is 11.8. The lowest BCUT2D eigenvalue weighted by atomic mass is 10.1. The van der Waals surface area contributed by atoms with Crippen LogP contribution in [0.15, 0.2) is 22.7 Å². The van der Waals surface area contributed by atoms with Gasteiger partial charge in [0.15, 0.2) is 0 Å². The van der Waals surface area contributed by atoms with E-state index in [0.29, 0.717) is 18.0 Å². The van der Waals surface area contributed by atoms with Crippen LogP contribution in [-0.4, -0.2) is 24.2 Å². The molecule has 1 aliphatic heterocycles. The van der Waals surface area contributed by atoms with Crippen LogP contribution in [0.1, 0.15) is 6.42 Å². The van der Waals surface area contributed by atoms with Crippen molar-refractivity contribution in [3.05, 3.63) is 27.7 Å². The van der Waals surface area contributed by atoms with Crippen LogP contribution in [0.2, 0.25) is 5.02 Å². The molecule has 1 saturated heterocycles. The SMILES string of the molecule is O=C1CC(CO)CN1c1cccc(Cl)c1Br. The Hall–Kier alpha value is -0.580. The summed E-state index contributed by atoms with van der Waals surface area (Å²) in [6.45, 7) is 0.592. The number of aliphatic hydroxyl groups is 1. The quantitative estimate of drug-likeness (QED) is 0.912. The zero-order valence-corrected chi connectivity index (χ0v) is 10.8. The average molecular weight is 305 g/mol. The third kappa shape index (κ3) is 2.10. The number of amides is 1. The van der Waals surface area contributed by atoms with E-state index in [9.17, 15) is 4.79 Å². The van der Waals surface area contributed by atoms with E-state index in [-0.39, 0.29) is 18.4 Å². The van der Waals surface area contributed by atoms with Crippen LogP contribution >= 0.6 is 27.5 Å². The molecule has 2 rings (SSSR count). The third-order valence-corrected chi connectivity index (χ3v) is 4.06. The van der Waals surface area contributed by atoms with Crippen LogP contribution in [-0.2, 0) is 4.79 Å². The van der Waals surface area contributed by atoms with E-state index in [1.54, 1.807) is 11.0 Å². The van der Waals surface area contributed by atoms with E-state index < -0.39 is 0 Å². The van der Waals surface area contributed by atoms with Crippen molar-refractivity contribution in [2.24, 2.45) is 5.92 Å². The van der Waals surface area contributed by atoms with E-state index in [1.165, 1.54) is 0 Å². The van der Waals surface area contributed by atoms with Gasteiger partial charge in [-0.1, -0.05) is 17.7 Å². The molecule has 0 radical (unpaired) electrons. The summed E-state index contributed by atoms with van der Waals surface area (Å²) >= 11 is 9.35. The Balaban J connectivity index is 2.31. The third-order valence-electron chi connectivity index (χ3n) is 2.69. The highest BCUT2D eigenvalue weighted by atomic mass is 79.9. The number of nitrogens with zero attached hydrogens (tertiary/aromatic N) is 1. The number of hydrogen-bond donors (Lipinski definition) is 1. The van der Waals surface area contributed by atoms with Gasteiger partial charge in [0, 0.05) is 25.5 Å². The van der Waals surface area contributed by atoms with Gasteiger partial charge in [-0.25, -0.2) is 0 Å². The molecule has 1 atom stereocenters. The van der Waals surface area contributed by atoms with Crippen molar-refractivity contribution in [2.45, 2.75) is 6.42 Å². The van der Waals surface area contributed by atoms with Gasteiger partial charge in [-0.3, -0.25) is 4.79 Å².